The molecule has 0 unspecified atom stereocenters. The molecule has 7 nitrogen and oxygen atoms in total. The van der Waals surface area contributed by atoms with Crippen molar-refractivity contribution in [2.24, 2.45) is 0 Å². The second-order valence-corrected chi connectivity index (χ2v) is 9.30. The summed E-state index contributed by atoms with van der Waals surface area (Å²) in [5, 5.41) is 15.7. The van der Waals surface area contributed by atoms with Crippen LogP contribution in [0.15, 0.2) is 53.3 Å². The standard InChI is InChI=1S/C22H21ClN6OS2/c1-3-8-25-21(30)17-12-31-19(26-17)13-32-22-28-27-20(15-6-9-24-10-7-15)29(22)18-11-16(23)5-4-14(18)2/h4-7,9-12H,3,8,13H2,1-2H3,(H,25,30). The number of hydrogen-bond donors (Lipinski definition) is 1. The zero-order valence-electron chi connectivity index (χ0n) is 17.6. The zero-order valence-corrected chi connectivity index (χ0v) is 20.0. The lowest BCUT2D eigenvalue weighted by Crippen LogP contribution is -2.24. The van der Waals surface area contributed by atoms with Crippen molar-refractivity contribution in [1.29, 1.82) is 0 Å². The second-order valence-electron chi connectivity index (χ2n) is 6.98. The van der Waals surface area contributed by atoms with Crippen molar-refractivity contribution in [1.82, 2.24) is 30.0 Å². The van der Waals surface area contributed by atoms with Gasteiger partial charge in [-0.05, 0) is 43.2 Å². The molecule has 1 aromatic carbocycles. The molecule has 0 aliphatic heterocycles. The van der Waals surface area contributed by atoms with Crippen molar-refractivity contribution < 1.29 is 4.79 Å². The highest BCUT2D eigenvalue weighted by molar-refractivity contribution is 7.98. The Morgan fingerprint density at radius 2 is 2.03 bits per heavy atom. The van der Waals surface area contributed by atoms with Crippen molar-refractivity contribution >= 4 is 40.6 Å². The summed E-state index contributed by atoms with van der Waals surface area (Å²) in [6.45, 7) is 4.68. The summed E-state index contributed by atoms with van der Waals surface area (Å²) < 4.78 is 2.00. The number of carbonyl (C=O) groups excluding carboxylic acids is 1. The van der Waals surface area contributed by atoms with Gasteiger partial charge in [0, 0.05) is 34.9 Å². The van der Waals surface area contributed by atoms with Crippen LogP contribution in [0.3, 0.4) is 0 Å². The van der Waals surface area contributed by atoms with Gasteiger partial charge in [0.2, 0.25) is 0 Å². The molecule has 4 aromatic rings. The van der Waals surface area contributed by atoms with Gasteiger partial charge in [0.05, 0.1) is 11.4 Å². The number of halogens is 1. The van der Waals surface area contributed by atoms with E-state index in [9.17, 15) is 4.79 Å². The van der Waals surface area contributed by atoms with Crippen molar-refractivity contribution in [2.45, 2.75) is 31.2 Å². The Hall–Kier alpha value is -2.75. The van der Waals surface area contributed by atoms with Crippen LogP contribution in [0.1, 0.15) is 34.4 Å². The number of hydrogen-bond acceptors (Lipinski definition) is 7. The summed E-state index contributed by atoms with van der Waals surface area (Å²) in [5.41, 5.74) is 3.32. The SMILES string of the molecule is CCCNC(=O)c1csc(CSc2nnc(-c3ccncc3)n2-c2cc(Cl)ccc2C)n1. The molecule has 32 heavy (non-hydrogen) atoms. The molecule has 0 saturated heterocycles. The van der Waals surface area contributed by atoms with Gasteiger partial charge < -0.3 is 5.32 Å². The average molecular weight is 485 g/mol. The van der Waals surface area contributed by atoms with E-state index in [-0.39, 0.29) is 5.91 Å². The molecule has 0 saturated carbocycles. The highest BCUT2D eigenvalue weighted by atomic mass is 35.5. The minimum Gasteiger partial charge on any atom is -0.351 e. The van der Waals surface area contributed by atoms with Crippen LogP contribution in [0, 0.1) is 6.92 Å². The van der Waals surface area contributed by atoms with Gasteiger partial charge in [-0.3, -0.25) is 14.3 Å². The molecule has 1 amide bonds. The van der Waals surface area contributed by atoms with Gasteiger partial charge in [0.15, 0.2) is 11.0 Å². The maximum absolute atomic E-state index is 12.1. The summed E-state index contributed by atoms with van der Waals surface area (Å²) in [7, 11) is 0. The fourth-order valence-electron chi connectivity index (χ4n) is 3.03. The number of aryl methyl sites for hydroxylation is 1. The van der Waals surface area contributed by atoms with Crippen LogP contribution in [-0.2, 0) is 5.75 Å². The number of carbonyl (C=O) groups is 1. The number of thioether (sulfide) groups is 1. The van der Waals surface area contributed by atoms with Crippen LogP contribution in [0.4, 0.5) is 0 Å². The normalized spacial score (nSPS) is 11.0. The van der Waals surface area contributed by atoms with Gasteiger partial charge in [-0.1, -0.05) is 36.4 Å². The maximum atomic E-state index is 12.1. The van der Waals surface area contributed by atoms with Gasteiger partial charge in [0.1, 0.15) is 10.7 Å². The third-order valence-corrected chi connectivity index (χ3v) is 6.84. The van der Waals surface area contributed by atoms with Gasteiger partial charge in [-0.15, -0.1) is 21.5 Å². The maximum Gasteiger partial charge on any atom is 0.270 e. The first-order chi connectivity index (χ1) is 15.6. The Bertz CT molecular complexity index is 1220. The van der Waals surface area contributed by atoms with E-state index >= 15 is 0 Å². The van der Waals surface area contributed by atoms with E-state index in [1.165, 1.54) is 23.1 Å². The van der Waals surface area contributed by atoms with Crippen molar-refractivity contribution in [3.8, 4) is 17.1 Å². The van der Waals surface area contributed by atoms with Crippen LogP contribution >= 0.6 is 34.7 Å². The number of nitrogens with zero attached hydrogens (tertiary/aromatic N) is 5. The fourth-order valence-corrected chi connectivity index (χ4v) is 4.93. The first-order valence-corrected chi connectivity index (χ1v) is 12.3. The molecular weight excluding hydrogens is 464 g/mol. The molecule has 0 spiro atoms. The molecule has 0 fully saturated rings. The van der Waals surface area contributed by atoms with Crippen LogP contribution < -0.4 is 5.32 Å². The molecule has 0 atom stereocenters. The summed E-state index contributed by atoms with van der Waals surface area (Å²) in [4.78, 5) is 20.7. The lowest BCUT2D eigenvalue weighted by atomic mass is 10.2. The topological polar surface area (TPSA) is 85.6 Å². The van der Waals surface area contributed by atoms with Crippen LogP contribution in [0.5, 0.6) is 0 Å². The zero-order chi connectivity index (χ0) is 22.5. The summed E-state index contributed by atoms with van der Waals surface area (Å²) in [6, 6.07) is 9.55. The first kappa shape index (κ1) is 22.4. The molecule has 3 aromatic heterocycles. The van der Waals surface area contributed by atoms with E-state index in [4.69, 9.17) is 11.6 Å². The second kappa shape index (κ2) is 10.2. The monoisotopic (exact) mass is 484 g/mol. The molecule has 3 heterocycles. The predicted molar refractivity (Wildman–Crippen MR) is 129 cm³/mol. The Labute approximate surface area is 199 Å². The third kappa shape index (κ3) is 5.01. The molecule has 164 valence electrons. The van der Waals surface area contributed by atoms with E-state index in [0.717, 1.165) is 33.4 Å². The smallest absolute Gasteiger partial charge is 0.270 e. The van der Waals surface area contributed by atoms with E-state index in [2.05, 4.69) is 25.5 Å². The van der Waals surface area contributed by atoms with Crippen molar-refractivity contribution in [3.63, 3.8) is 0 Å². The van der Waals surface area contributed by atoms with Gasteiger partial charge in [-0.25, -0.2) is 4.98 Å². The molecule has 10 heteroatoms. The van der Waals surface area contributed by atoms with Gasteiger partial charge >= 0.3 is 0 Å². The van der Waals surface area contributed by atoms with Gasteiger partial charge in [0.25, 0.3) is 5.91 Å². The molecule has 0 radical (unpaired) electrons. The summed E-state index contributed by atoms with van der Waals surface area (Å²) in [5.74, 6) is 1.14. The fraction of sp³-hybridized carbons (Fsp3) is 0.227. The first-order valence-electron chi connectivity index (χ1n) is 10.0. The van der Waals surface area contributed by atoms with Crippen LogP contribution in [-0.4, -0.2) is 37.2 Å². The van der Waals surface area contributed by atoms with Crippen LogP contribution in [0.25, 0.3) is 17.1 Å². The molecule has 0 aliphatic rings. The number of rotatable bonds is 8. The average Bonchev–Trinajstić information content (AvgIpc) is 3.45. The van der Waals surface area contributed by atoms with Crippen molar-refractivity contribution in [3.05, 3.63) is 69.4 Å². The third-order valence-electron chi connectivity index (χ3n) is 4.63. The highest BCUT2D eigenvalue weighted by Gasteiger charge is 2.19. The molecule has 1 N–H and O–H groups in total. The highest BCUT2D eigenvalue weighted by Crippen LogP contribution is 2.32. The predicted octanol–water partition coefficient (Wildman–Crippen LogP) is 5.18. The van der Waals surface area contributed by atoms with Gasteiger partial charge in [-0.2, -0.15) is 0 Å². The minimum absolute atomic E-state index is 0.142. The molecule has 4 rings (SSSR count). The van der Waals surface area contributed by atoms with E-state index in [1.54, 1.807) is 17.8 Å². The van der Waals surface area contributed by atoms with Crippen LogP contribution in [0.2, 0.25) is 5.02 Å². The lowest BCUT2D eigenvalue weighted by Gasteiger charge is -2.13. The number of benzene rings is 1. The molecular formula is C22H21ClN6OS2. The Morgan fingerprint density at radius 3 is 2.81 bits per heavy atom. The molecule has 0 aliphatic carbocycles. The Kier molecular flexibility index (Phi) is 7.19. The Morgan fingerprint density at radius 1 is 1.22 bits per heavy atom. The van der Waals surface area contributed by atoms with E-state index in [1.807, 2.05) is 48.7 Å². The number of amides is 1. The Balaban J connectivity index is 1.64. The number of nitrogens with one attached hydrogen (secondary N) is 1. The van der Waals surface area contributed by atoms with Crippen molar-refractivity contribution in [2.75, 3.05) is 6.54 Å². The number of pyridine rings is 1. The lowest BCUT2D eigenvalue weighted by molar-refractivity contribution is 0.0949. The van der Waals surface area contributed by atoms with E-state index < -0.39 is 0 Å². The number of aromatic nitrogens is 5. The quantitative estimate of drug-likeness (QED) is 0.347. The summed E-state index contributed by atoms with van der Waals surface area (Å²) in [6.07, 6.45) is 4.34. The number of thiazole rings is 1. The minimum atomic E-state index is -0.142. The van der Waals surface area contributed by atoms with E-state index in [0.29, 0.717) is 28.8 Å². The summed E-state index contributed by atoms with van der Waals surface area (Å²) >= 11 is 9.29. The largest absolute Gasteiger partial charge is 0.351 e. The molecule has 0 bridgehead atoms.